The van der Waals surface area contributed by atoms with Crippen molar-refractivity contribution >= 4 is 28.5 Å². The molecule has 90 valence electrons. The molecule has 0 radical (unpaired) electrons. The van der Waals surface area contributed by atoms with Gasteiger partial charge in [-0.1, -0.05) is 23.9 Å². The summed E-state index contributed by atoms with van der Waals surface area (Å²) in [6, 6.07) is 14.0. The molecule has 0 unspecified atom stereocenters. The Morgan fingerprint density at radius 2 is 2.00 bits per heavy atom. The Kier molecular flexibility index (Phi) is 2.72. The van der Waals surface area contributed by atoms with Gasteiger partial charge >= 0.3 is 0 Å². The van der Waals surface area contributed by atoms with Crippen LogP contribution in [0.3, 0.4) is 0 Å². The predicted molar refractivity (Wildman–Crippen MR) is 75.8 cm³/mol. The van der Waals surface area contributed by atoms with E-state index in [1.165, 1.54) is 0 Å². The minimum Gasteiger partial charge on any atom is -0.399 e. The Balaban J connectivity index is 1.96. The number of nitrogens with two attached hydrogens (primary N) is 1. The molecule has 0 aliphatic rings. The molecule has 3 rings (SSSR count). The van der Waals surface area contributed by atoms with Crippen molar-refractivity contribution < 1.29 is 0 Å². The third-order valence-electron chi connectivity index (χ3n) is 2.66. The van der Waals surface area contributed by atoms with Crippen molar-refractivity contribution in [3.63, 3.8) is 0 Å². The lowest BCUT2D eigenvalue weighted by atomic mass is 10.2. The van der Waals surface area contributed by atoms with Crippen molar-refractivity contribution in [3.8, 4) is 0 Å². The van der Waals surface area contributed by atoms with Gasteiger partial charge in [0.2, 0.25) is 0 Å². The van der Waals surface area contributed by atoms with E-state index in [1.54, 1.807) is 11.8 Å². The molecule has 3 aromatic rings. The summed E-state index contributed by atoms with van der Waals surface area (Å²) in [7, 11) is 0. The second-order valence-corrected chi connectivity index (χ2v) is 5.30. The largest absolute Gasteiger partial charge is 0.399 e. The Morgan fingerprint density at radius 1 is 1.17 bits per heavy atom. The molecule has 0 aliphatic carbocycles. The van der Waals surface area contributed by atoms with E-state index in [9.17, 15) is 0 Å². The molecule has 3 N–H and O–H groups in total. The molecule has 0 atom stereocenters. The van der Waals surface area contributed by atoms with Crippen LogP contribution in [0.25, 0.3) is 11.0 Å². The number of aryl methyl sites for hydroxylation is 1. The van der Waals surface area contributed by atoms with Crippen LogP contribution in [0.4, 0.5) is 5.69 Å². The monoisotopic (exact) mass is 255 g/mol. The first-order valence-corrected chi connectivity index (χ1v) is 6.52. The molecule has 1 aromatic heterocycles. The van der Waals surface area contributed by atoms with Gasteiger partial charge in [-0.15, -0.1) is 0 Å². The van der Waals surface area contributed by atoms with Crippen LogP contribution in [0.2, 0.25) is 0 Å². The molecule has 0 saturated carbocycles. The van der Waals surface area contributed by atoms with E-state index in [0.29, 0.717) is 0 Å². The molecule has 1 heterocycles. The van der Waals surface area contributed by atoms with Crippen LogP contribution in [-0.2, 0) is 0 Å². The summed E-state index contributed by atoms with van der Waals surface area (Å²) < 4.78 is 0. The Labute approximate surface area is 109 Å². The fourth-order valence-electron chi connectivity index (χ4n) is 1.92. The molecule has 4 heteroatoms. The number of benzene rings is 2. The number of hydrogen-bond donors (Lipinski definition) is 2. The fraction of sp³-hybridized carbons (Fsp3) is 0.0714. The summed E-state index contributed by atoms with van der Waals surface area (Å²) in [5.41, 5.74) is 9.83. The summed E-state index contributed by atoms with van der Waals surface area (Å²) in [6.07, 6.45) is 0. The highest BCUT2D eigenvalue weighted by atomic mass is 32.2. The normalized spacial score (nSPS) is 10.9. The number of aromatic nitrogens is 2. The van der Waals surface area contributed by atoms with Gasteiger partial charge in [-0.2, -0.15) is 0 Å². The fourth-order valence-corrected chi connectivity index (χ4v) is 2.89. The van der Waals surface area contributed by atoms with E-state index < -0.39 is 0 Å². The van der Waals surface area contributed by atoms with E-state index in [2.05, 4.69) is 16.0 Å². The lowest BCUT2D eigenvalue weighted by Gasteiger charge is -2.02. The van der Waals surface area contributed by atoms with Gasteiger partial charge in [0, 0.05) is 10.6 Å². The van der Waals surface area contributed by atoms with Gasteiger partial charge in [-0.25, -0.2) is 4.98 Å². The zero-order valence-electron chi connectivity index (χ0n) is 9.97. The summed E-state index contributed by atoms with van der Waals surface area (Å²) >= 11 is 1.59. The molecule has 0 bridgehead atoms. The molecule has 0 spiro atoms. The van der Waals surface area contributed by atoms with Crippen molar-refractivity contribution in [1.82, 2.24) is 9.97 Å². The van der Waals surface area contributed by atoms with Crippen molar-refractivity contribution in [2.45, 2.75) is 17.0 Å². The third-order valence-corrected chi connectivity index (χ3v) is 3.51. The number of fused-ring (bicyclic) bond motifs is 1. The number of aromatic amines is 1. The van der Waals surface area contributed by atoms with Crippen LogP contribution >= 0.6 is 11.8 Å². The Hall–Kier alpha value is -1.94. The maximum atomic E-state index is 5.84. The summed E-state index contributed by atoms with van der Waals surface area (Å²) in [6.45, 7) is 2.04. The van der Waals surface area contributed by atoms with Gasteiger partial charge in [0.05, 0.1) is 11.0 Å². The highest BCUT2D eigenvalue weighted by molar-refractivity contribution is 7.99. The number of nitrogens with one attached hydrogen (secondary N) is 1. The molecule has 3 nitrogen and oxygen atoms in total. The second-order valence-electron chi connectivity index (χ2n) is 4.24. The minimum absolute atomic E-state index is 0.786. The van der Waals surface area contributed by atoms with Crippen molar-refractivity contribution in [3.05, 3.63) is 48.0 Å². The number of hydrogen-bond acceptors (Lipinski definition) is 3. The van der Waals surface area contributed by atoms with Gasteiger partial charge in [-0.3, -0.25) is 0 Å². The lowest BCUT2D eigenvalue weighted by molar-refractivity contribution is 1.08. The maximum absolute atomic E-state index is 5.84. The number of H-pyrrole nitrogens is 1. The first kappa shape index (κ1) is 11.2. The zero-order valence-corrected chi connectivity index (χ0v) is 10.8. The molecule has 0 aliphatic heterocycles. The number of nitrogens with zero attached hydrogens (tertiary/aromatic N) is 1. The van der Waals surface area contributed by atoms with Gasteiger partial charge in [0.15, 0.2) is 5.16 Å². The second kappa shape index (κ2) is 4.38. The number of para-hydroxylation sites is 2. The average molecular weight is 255 g/mol. The lowest BCUT2D eigenvalue weighted by Crippen LogP contribution is -1.86. The SMILES string of the molecule is Cc1cc(N)cc(Sc2nc3ccccc3[nH]2)c1. The smallest absolute Gasteiger partial charge is 0.171 e. The summed E-state index contributed by atoms with van der Waals surface area (Å²) in [5.74, 6) is 0. The number of rotatable bonds is 2. The van der Waals surface area contributed by atoms with Gasteiger partial charge < -0.3 is 10.7 Å². The first-order chi connectivity index (χ1) is 8.70. The highest BCUT2D eigenvalue weighted by Crippen LogP contribution is 2.29. The van der Waals surface area contributed by atoms with Crippen LogP contribution in [-0.4, -0.2) is 9.97 Å². The summed E-state index contributed by atoms with van der Waals surface area (Å²) in [4.78, 5) is 8.93. The van der Waals surface area contributed by atoms with Crippen molar-refractivity contribution in [1.29, 1.82) is 0 Å². The molecule has 2 aromatic carbocycles. The molecule has 0 fully saturated rings. The third kappa shape index (κ3) is 2.19. The predicted octanol–water partition coefficient (Wildman–Crippen LogP) is 3.60. The van der Waals surface area contributed by atoms with E-state index in [4.69, 9.17) is 5.73 Å². The minimum atomic E-state index is 0.786. The van der Waals surface area contributed by atoms with E-state index in [0.717, 1.165) is 32.3 Å². The van der Waals surface area contributed by atoms with Gasteiger partial charge in [0.1, 0.15) is 0 Å². The number of imidazole rings is 1. The van der Waals surface area contributed by atoms with Gasteiger partial charge in [0.25, 0.3) is 0 Å². The van der Waals surface area contributed by atoms with Crippen LogP contribution in [0, 0.1) is 6.92 Å². The molecular weight excluding hydrogens is 242 g/mol. The number of anilines is 1. The van der Waals surface area contributed by atoms with E-state index in [-0.39, 0.29) is 0 Å². The quantitative estimate of drug-likeness (QED) is 0.688. The van der Waals surface area contributed by atoms with Crippen LogP contribution in [0.15, 0.2) is 52.5 Å². The topological polar surface area (TPSA) is 54.7 Å². The molecule has 0 saturated heterocycles. The van der Waals surface area contributed by atoms with Crippen LogP contribution < -0.4 is 5.73 Å². The molecule has 18 heavy (non-hydrogen) atoms. The van der Waals surface area contributed by atoms with Crippen LogP contribution in [0.1, 0.15) is 5.56 Å². The van der Waals surface area contributed by atoms with Crippen molar-refractivity contribution in [2.75, 3.05) is 5.73 Å². The highest BCUT2D eigenvalue weighted by Gasteiger charge is 2.05. The van der Waals surface area contributed by atoms with Crippen molar-refractivity contribution in [2.24, 2.45) is 0 Å². The standard InChI is InChI=1S/C14H13N3S/c1-9-6-10(15)8-11(7-9)18-14-16-12-4-2-3-5-13(12)17-14/h2-8H,15H2,1H3,(H,16,17). The van der Waals surface area contributed by atoms with Crippen LogP contribution in [0.5, 0.6) is 0 Å². The number of nitrogen functional groups attached to an aromatic ring is 1. The average Bonchev–Trinajstić information content (AvgIpc) is 2.69. The van der Waals surface area contributed by atoms with Gasteiger partial charge in [-0.05, 0) is 42.8 Å². The molecule has 0 amide bonds. The van der Waals surface area contributed by atoms with E-state index >= 15 is 0 Å². The van der Waals surface area contributed by atoms with E-state index in [1.807, 2.05) is 43.3 Å². The first-order valence-electron chi connectivity index (χ1n) is 5.70. The zero-order chi connectivity index (χ0) is 12.5. The summed E-state index contributed by atoms with van der Waals surface area (Å²) in [5, 5.41) is 0.890. The maximum Gasteiger partial charge on any atom is 0.171 e. The molecular formula is C14H13N3S. The Bertz CT molecular complexity index is 650. The Morgan fingerprint density at radius 3 is 2.78 bits per heavy atom.